The molecule has 2 N–H and O–H groups in total. The summed E-state index contributed by atoms with van der Waals surface area (Å²) in [5.41, 5.74) is 2.44. The lowest BCUT2D eigenvalue weighted by molar-refractivity contribution is 0.411. The van der Waals surface area contributed by atoms with Crippen molar-refractivity contribution < 1.29 is 4.74 Å². The molecule has 0 atom stereocenters. The second kappa shape index (κ2) is 9.27. The van der Waals surface area contributed by atoms with Crippen LogP contribution in [0.15, 0.2) is 23.2 Å². The number of hydrogen-bond acceptors (Lipinski definition) is 2. The van der Waals surface area contributed by atoms with Gasteiger partial charge in [-0.15, -0.1) is 0 Å². The van der Waals surface area contributed by atoms with E-state index in [9.17, 15) is 0 Å². The third-order valence-electron chi connectivity index (χ3n) is 3.14. The number of aryl methyl sites for hydroxylation is 1. The van der Waals surface area contributed by atoms with E-state index in [0.29, 0.717) is 5.92 Å². The summed E-state index contributed by atoms with van der Waals surface area (Å²) < 4.78 is 5.36. The Hall–Kier alpha value is -1.71. The molecule has 0 saturated heterocycles. The number of hydrogen-bond donors (Lipinski definition) is 2. The molecule has 0 aliphatic rings. The van der Waals surface area contributed by atoms with Crippen LogP contribution in [0.1, 0.15) is 31.9 Å². The van der Waals surface area contributed by atoms with Crippen LogP contribution >= 0.6 is 0 Å². The second-order valence-electron chi connectivity index (χ2n) is 5.59. The average molecular weight is 291 g/mol. The molecule has 0 aliphatic carbocycles. The summed E-state index contributed by atoms with van der Waals surface area (Å²) in [5, 5.41) is 6.64. The predicted octanol–water partition coefficient (Wildman–Crippen LogP) is 2.76. The summed E-state index contributed by atoms with van der Waals surface area (Å²) in [6.45, 7) is 11.1. The highest BCUT2D eigenvalue weighted by Crippen LogP contribution is 2.18. The summed E-state index contributed by atoms with van der Waals surface area (Å²) >= 11 is 0. The van der Waals surface area contributed by atoms with Gasteiger partial charge in [0.1, 0.15) is 5.75 Å². The molecule has 0 saturated carbocycles. The first-order valence-corrected chi connectivity index (χ1v) is 7.72. The first kappa shape index (κ1) is 17.3. The number of benzene rings is 1. The van der Waals surface area contributed by atoms with Crippen molar-refractivity contribution in [2.45, 2.75) is 34.1 Å². The Balaban J connectivity index is 2.51. The molecule has 1 aromatic carbocycles. The number of methoxy groups -OCH3 is 1. The molecule has 21 heavy (non-hydrogen) atoms. The van der Waals surface area contributed by atoms with Gasteiger partial charge in [0.15, 0.2) is 5.96 Å². The zero-order chi connectivity index (χ0) is 15.7. The third-order valence-corrected chi connectivity index (χ3v) is 3.14. The monoisotopic (exact) mass is 291 g/mol. The average Bonchev–Trinajstić information content (AvgIpc) is 2.46. The molecule has 0 aliphatic heterocycles. The molecule has 0 aromatic heterocycles. The van der Waals surface area contributed by atoms with Crippen molar-refractivity contribution in [1.82, 2.24) is 10.6 Å². The van der Waals surface area contributed by atoms with Gasteiger partial charge in [-0.25, -0.2) is 0 Å². The van der Waals surface area contributed by atoms with E-state index in [2.05, 4.69) is 61.5 Å². The molecule has 0 amide bonds. The van der Waals surface area contributed by atoms with E-state index < -0.39 is 0 Å². The number of nitrogens with zero attached hydrogens (tertiary/aromatic N) is 1. The molecule has 1 aromatic rings. The van der Waals surface area contributed by atoms with Crippen LogP contribution in [0, 0.1) is 12.8 Å². The fourth-order valence-corrected chi connectivity index (χ4v) is 1.96. The van der Waals surface area contributed by atoms with Crippen LogP contribution < -0.4 is 15.4 Å². The normalized spacial score (nSPS) is 11.6. The lowest BCUT2D eigenvalue weighted by Gasteiger charge is -2.12. The van der Waals surface area contributed by atoms with Gasteiger partial charge in [-0.1, -0.05) is 26.0 Å². The summed E-state index contributed by atoms with van der Waals surface area (Å²) in [6, 6.07) is 6.36. The highest BCUT2D eigenvalue weighted by atomic mass is 16.5. The number of aliphatic imine (C=N–C) groups is 1. The van der Waals surface area contributed by atoms with Crippen molar-refractivity contribution in [3.8, 4) is 5.75 Å². The zero-order valence-corrected chi connectivity index (χ0v) is 14.0. The Morgan fingerprint density at radius 1 is 1.29 bits per heavy atom. The number of guanidine groups is 1. The third kappa shape index (κ3) is 6.52. The maximum absolute atomic E-state index is 5.36. The van der Waals surface area contributed by atoms with Gasteiger partial charge in [-0.3, -0.25) is 4.99 Å². The Morgan fingerprint density at radius 3 is 2.67 bits per heavy atom. The maximum atomic E-state index is 5.36. The standard InChI is InChI=1S/C17H29N3O/c1-6-18-17(20-12-13(2)3)19-10-9-15-8-7-14(4)16(11-15)21-5/h7-8,11,13H,6,9-10,12H2,1-5H3,(H2,18,19,20). The first-order chi connectivity index (χ1) is 10.1. The minimum Gasteiger partial charge on any atom is -0.496 e. The van der Waals surface area contributed by atoms with Gasteiger partial charge in [0.05, 0.1) is 7.11 Å². The molecular formula is C17H29N3O. The van der Waals surface area contributed by atoms with Crippen LogP contribution in [0.2, 0.25) is 0 Å². The minimum atomic E-state index is 0.571. The number of ether oxygens (including phenoxy) is 1. The SMILES string of the molecule is CCNC(=NCC(C)C)NCCc1ccc(C)c(OC)c1. The molecule has 0 fully saturated rings. The fourth-order valence-electron chi connectivity index (χ4n) is 1.96. The number of rotatable bonds is 7. The van der Waals surface area contributed by atoms with E-state index in [-0.39, 0.29) is 0 Å². The summed E-state index contributed by atoms with van der Waals surface area (Å²) in [6.07, 6.45) is 0.947. The van der Waals surface area contributed by atoms with Crippen LogP contribution in [0.25, 0.3) is 0 Å². The van der Waals surface area contributed by atoms with Crippen LogP contribution in [-0.4, -0.2) is 32.7 Å². The second-order valence-corrected chi connectivity index (χ2v) is 5.59. The molecule has 4 nitrogen and oxygen atoms in total. The Bertz CT molecular complexity index is 455. The largest absolute Gasteiger partial charge is 0.496 e. The highest BCUT2D eigenvalue weighted by Gasteiger charge is 2.02. The zero-order valence-electron chi connectivity index (χ0n) is 14.0. The van der Waals surface area contributed by atoms with Crippen molar-refractivity contribution in [2.24, 2.45) is 10.9 Å². The molecule has 0 heterocycles. The van der Waals surface area contributed by atoms with Crippen LogP contribution in [-0.2, 0) is 6.42 Å². The molecular weight excluding hydrogens is 262 g/mol. The van der Waals surface area contributed by atoms with Crippen molar-refractivity contribution >= 4 is 5.96 Å². The lowest BCUT2D eigenvalue weighted by atomic mass is 10.1. The van der Waals surface area contributed by atoms with E-state index in [1.165, 1.54) is 11.1 Å². The summed E-state index contributed by atoms with van der Waals surface area (Å²) in [4.78, 5) is 4.56. The fraction of sp³-hybridized carbons (Fsp3) is 0.588. The Kier molecular flexibility index (Phi) is 7.65. The molecule has 0 unspecified atom stereocenters. The Morgan fingerprint density at radius 2 is 2.05 bits per heavy atom. The van der Waals surface area contributed by atoms with E-state index in [0.717, 1.165) is 37.8 Å². The minimum absolute atomic E-state index is 0.571. The molecule has 0 bridgehead atoms. The van der Waals surface area contributed by atoms with E-state index in [1.807, 2.05) is 0 Å². The van der Waals surface area contributed by atoms with Crippen molar-refractivity contribution in [3.63, 3.8) is 0 Å². The molecule has 4 heteroatoms. The van der Waals surface area contributed by atoms with E-state index in [4.69, 9.17) is 4.74 Å². The molecule has 118 valence electrons. The van der Waals surface area contributed by atoms with E-state index in [1.54, 1.807) is 7.11 Å². The van der Waals surface area contributed by atoms with Crippen molar-refractivity contribution in [3.05, 3.63) is 29.3 Å². The van der Waals surface area contributed by atoms with Gasteiger partial charge in [0.25, 0.3) is 0 Å². The van der Waals surface area contributed by atoms with Crippen LogP contribution in [0.4, 0.5) is 0 Å². The molecule has 1 rings (SSSR count). The summed E-state index contributed by atoms with van der Waals surface area (Å²) in [5.74, 6) is 2.42. The predicted molar refractivity (Wildman–Crippen MR) is 90.3 cm³/mol. The maximum Gasteiger partial charge on any atom is 0.191 e. The van der Waals surface area contributed by atoms with Crippen LogP contribution in [0.5, 0.6) is 5.75 Å². The molecule has 0 spiro atoms. The number of nitrogens with one attached hydrogen (secondary N) is 2. The van der Waals surface area contributed by atoms with Gasteiger partial charge in [-0.2, -0.15) is 0 Å². The lowest BCUT2D eigenvalue weighted by Crippen LogP contribution is -2.38. The quantitative estimate of drug-likeness (QED) is 0.600. The van der Waals surface area contributed by atoms with Gasteiger partial charge in [-0.05, 0) is 43.4 Å². The van der Waals surface area contributed by atoms with Crippen molar-refractivity contribution in [2.75, 3.05) is 26.7 Å². The van der Waals surface area contributed by atoms with Crippen LogP contribution in [0.3, 0.4) is 0 Å². The van der Waals surface area contributed by atoms with E-state index >= 15 is 0 Å². The topological polar surface area (TPSA) is 45.7 Å². The van der Waals surface area contributed by atoms with Gasteiger partial charge in [0, 0.05) is 19.6 Å². The van der Waals surface area contributed by atoms with Crippen molar-refractivity contribution in [1.29, 1.82) is 0 Å². The summed E-state index contributed by atoms with van der Waals surface area (Å²) in [7, 11) is 1.71. The first-order valence-electron chi connectivity index (χ1n) is 7.72. The highest BCUT2D eigenvalue weighted by molar-refractivity contribution is 5.79. The van der Waals surface area contributed by atoms with Gasteiger partial charge >= 0.3 is 0 Å². The van der Waals surface area contributed by atoms with Gasteiger partial charge < -0.3 is 15.4 Å². The van der Waals surface area contributed by atoms with Gasteiger partial charge in [0.2, 0.25) is 0 Å². The smallest absolute Gasteiger partial charge is 0.191 e. The Labute approximate surface area is 129 Å². The molecule has 0 radical (unpaired) electrons.